The number of nitrogens with zero attached hydrogens (tertiary/aromatic N) is 2. The molecule has 1 aliphatic heterocycles. The molecule has 2 rings (SSSR count). The summed E-state index contributed by atoms with van der Waals surface area (Å²) in [6, 6.07) is 3.53. The lowest BCUT2D eigenvalue weighted by atomic mass is 10.1. The van der Waals surface area contributed by atoms with Gasteiger partial charge in [0.05, 0.1) is 0 Å². The number of nitrogen functional groups attached to an aromatic ring is 1. The van der Waals surface area contributed by atoms with Crippen molar-refractivity contribution in [2.45, 2.75) is 25.5 Å². The van der Waals surface area contributed by atoms with Crippen LogP contribution >= 0.6 is 11.8 Å². The van der Waals surface area contributed by atoms with Crippen LogP contribution in [0.5, 0.6) is 0 Å². The summed E-state index contributed by atoms with van der Waals surface area (Å²) in [5.74, 6) is 1.51. The number of aryl methyl sites for hydroxylation is 1. The van der Waals surface area contributed by atoms with E-state index in [1.807, 2.05) is 29.7 Å². The third-order valence-electron chi connectivity index (χ3n) is 3.04. The van der Waals surface area contributed by atoms with Gasteiger partial charge >= 0.3 is 0 Å². The maximum Gasteiger partial charge on any atom is 0.254 e. The van der Waals surface area contributed by atoms with Gasteiger partial charge in [0.15, 0.2) is 0 Å². The summed E-state index contributed by atoms with van der Waals surface area (Å²) in [6.07, 6.45) is 0.789. The number of carbonyl (C=O) groups excluding carboxylic acids is 1. The minimum Gasteiger partial charge on any atom is -0.384 e. The fourth-order valence-corrected chi connectivity index (χ4v) is 3.11. The first-order chi connectivity index (χ1) is 8.60. The van der Waals surface area contributed by atoms with Gasteiger partial charge in [-0.05, 0) is 18.6 Å². The lowest BCUT2D eigenvalue weighted by molar-refractivity contribution is 0.0763. The molecule has 0 saturated carbocycles. The molecule has 1 saturated heterocycles. The number of amides is 1. The van der Waals surface area contributed by atoms with Crippen LogP contribution in [0.15, 0.2) is 12.1 Å². The van der Waals surface area contributed by atoms with Gasteiger partial charge in [0.2, 0.25) is 0 Å². The van der Waals surface area contributed by atoms with E-state index in [2.05, 4.69) is 11.9 Å². The van der Waals surface area contributed by atoms with E-state index in [0.29, 0.717) is 16.6 Å². The second-order valence-corrected chi connectivity index (χ2v) is 6.10. The Labute approximate surface area is 112 Å². The lowest BCUT2D eigenvalue weighted by Crippen LogP contribution is -2.41. The predicted octanol–water partition coefficient (Wildman–Crippen LogP) is 1.80. The molecule has 1 aliphatic rings. The number of aromatic nitrogens is 1. The molecule has 4 nitrogen and oxygen atoms in total. The van der Waals surface area contributed by atoms with Crippen molar-refractivity contribution in [1.29, 1.82) is 0 Å². The first kappa shape index (κ1) is 13.2. The fraction of sp³-hybridized carbons (Fsp3) is 0.538. The highest BCUT2D eigenvalue weighted by Crippen LogP contribution is 2.20. The smallest absolute Gasteiger partial charge is 0.254 e. The quantitative estimate of drug-likeness (QED) is 0.886. The van der Waals surface area contributed by atoms with Crippen LogP contribution in [0.3, 0.4) is 0 Å². The minimum atomic E-state index is 0.0750. The Bertz CT molecular complexity index is 450. The second-order valence-electron chi connectivity index (χ2n) is 4.56. The van der Waals surface area contributed by atoms with Crippen LogP contribution in [-0.4, -0.2) is 39.9 Å². The van der Waals surface area contributed by atoms with E-state index >= 15 is 0 Å². The van der Waals surface area contributed by atoms with Crippen LogP contribution in [-0.2, 0) is 6.42 Å². The van der Waals surface area contributed by atoms with Crippen molar-refractivity contribution in [3.8, 4) is 0 Å². The molecule has 0 aromatic carbocycles. The van der Waals surface area contributed by atoms with Gasteiger partial charge in [0.25, 0.3) is 5.91 Å². The van der Waals surface area contributed by atoms with Crippen molar-refractivity contribution in [2.24, 2.45) is 0 Å². The molecule has 1 unspecified atom stereocenters. The SMILES string of the molecule is CCc1cc(C(=O)N2CCSC(C)C2)cc(N)n1. The van der Waals surface area contributed by atoms with Gasteiger partial charge in [-0.3, -0.25) is 4.79 Å². The molecule has 1 amide bonds. The molecule has 0 radical (unpaired) electrons. The van der Waals surface area contributed by atoms with Gasteiger partial charge in [0, 0.05) is 35.3 Å². The molecule has 1 aromatic rings. The van der Waals surface area contributed by atoms with E-state index in [0.717, 1.165) is 31.0 Å². The highest BCUT2D eigenvalue weighted by molar-refractivity contribution is 7.99. The highest BCUT2D eigenvalue weighted by atomic mass is 32.2. The molecule has 98 valence electrons. The highest BCUT2D eigenvalue weighted by Gasteiger charge is 2.22. The Morgan fingerprint density at radius 1 is 1.61 bits per heavy atom. The predicted molar refractivity (Wildman–Crippen MR) is 75.9 cm³/mol. The number of hydrogen-bond acceptors (Lipinski definition) is 4. The molecular formula is C13H19N3OS. The zero-order valence-electron chi connectivity index (χ0n) is 10.8. The van der Waals surface area contributed by atoms with Crippen molar-refractivity contribution in [1.82, 2.24) is 9.88 Å². The maximum absolute atomic E-state index is 12.4. The van der Waals surface area contributed by atoms with Crippen LogP contribution in [0.4, 0.5) is 5.82 Å². The van der Waals surface area contributed by atoms with Crippen molar-refractivity contribution in [3.05, 3.63) is 23.4 Å². The number of hydrogen-bond donors (Lipinski definition) is 1. The number of pyridine rings is 1. The van der Waals surface area contributed by atoms with E-state index in [1.54, 1.807) is 6.07 Å². The first-order valence-electron chi connectivity index (χ1n) is 6.27. The van der Waals surface area contributed by atoms with Gasteiger partial charge in [0.1, 0.15) is 5.82 Å². The molecule has 2 N–H and O–H groups in total. The molecule has 2 heterocycles. The molecule has 1 aromatic heterocycles. The number of carbonyl (C=O) groups is 1. The van der Waals surface area contributed by atoms with Crippen molar-refractivity contribution >= 4 is 23.5 Å². The molecule has 0 bridgehead atoms. The van der Waals surface area contributed by atoms with Gasteiger partial charge in [-0.2, -0.15) is 11.8 Å². The van der Waals surface area contributed by atoms with Crippen LogP contribution in [0.25, 0.3) is 0 Å². The zero-order valence-corrected chi connectivity index (χ0v) is 11.7. The van der Waals surface area contributed by atoms with E-state index in [9.17, 15) is 4.79 Å². The fourth-order valence-electron chi connectivity index (χ4n) is 2.10. The van der Waals surface area contributed by atoms with E-state index in [4.69, 9.17) is 5.73 Å². The molecule has 0 aliphatic carbocycles. The van der Waals surface area contributed by atoms with Gasteiger partial charge in [-0.15, -0.1) is 0 Å². The number of anilines is 1. The maximum atomic E-state index is 12.4. The summed E-state index contributed by atoms with van der Waals surface area (Å²) in [5, 5.41) is 0.507. The molecular weight excluding hydrogens is 246 g/mol. The van der Waals surface area contributed by atoms with Crippen molar-refractivity contribution in [2.75, 3.05) is 24.6 Å². The molecule has 1 fully saturated rings. The summed E-state index contributed by atoms with van der Waals surface area (Å²) in [6.45, 7) is 5.79. The third-order valence-corrected chi connectivity index (χ3v) is 4.17. The van der Waals surface area contributed by atoms with Crippen molar-refractivity contribution in [3.63, 3.8) is 0 Å². The average Bonchev–Trinajstić information content (AvgIpc) is 2.37. The Hall–Kier alpha value is -1.23. The molecule has 18 heavy (non-hydrogen) atoms. The van der Waals surface area contributed by atoms with Gasteiger partial charge < -0.3 is 10.6 Å². The summed E-state index contributed by atoms with van der Waals surface area (Å²) < 4.78 is 0. The molecule has 1 atom stereocenters. The first-order valence-corrected chi connectivity index (χ1v) is 7.32. The lowest BCUT2D eigenvalue weighted by Gasteiger charge is -2.30. The van der Waals surface area contributed by atoms with E-state index in [1.165, 1.54) is 0 Å². The Morgan fingerprint density at radius 3 is 3.06 bits per heavy atom. The molecule has 0 spiro atoms. The third kappa shape index (κ3) is 2.96. The van der Waals surface area contributed by atoms with E-state index < -0.39 is 0 Å². The zero-order chi connectivity index (χ0) is 13.1. The van der Waals surface area contributed by atoms with Crippen LogP contribution in [0.2, 0.25) is 0 Å². The number of rotatable bonds is 2. The summed E-state index contributed by atoms with van der Waals surface area (Å²) in [7, 11) is 0. The van der Waals surface area contributed by atoms with Gasteiger partial charge in [-0.1, -0.05) is 13.8 Å². The van der Waals surface area contributed by atoms with Crippen LogP contribution in [0, 0.1) is 0 Å². The standard InChI is InChI=1S/C13H19N3OS/c1-3-11-6-10(7-12(14)15-11)13(17)16-4-5-18-9(2)8-16/h6-7,9H,3-5,8H2,1-2H3,(H2,14,15). The largest absolute Gasteiger partial charge is 0.384 e. The average molecular weight is 265 g/mol. The monoisotopic (exact) mass is 265 g/mol. The Morgan fingerprint density at radius 2 is 2.39 bits per heavy atom. The summed E-state index contributed by atoms with van der Waals surface area (Å²) in [5.41, 5.74) is 7.28. The Kier molecular flexibility index (Phi) is 4.11. The van der Waals surface area contributed by atoms with Crippen LogP contribution in [0.1, 0.15) is 29.9 Å². The normalized spacial score (nSPS) is 19.9. The molecule has 5 heteroatoms. The summed E-state index contributed by atoms with van der Waals surface area (Å²) >= 11 is 1.91. The second kappa shape index (κ2) is 5.61. The van der Waals surface area contributed by atoms with Crippen LogP contribution < -0.4 is 5.73 Å². The van der Waals surface area contributed by atoms with Gasteiger partial charge in [-0.25, -0.2) is 4.98 Å². The summed E-state index contributed by atoms with van der Waals surface area (Å²) in [4.78, 5) is 18.5. The number of thioether (sulfide) groups is 1. The minimum absolute atomic E-state index is 0.0750. The van der Waals surface area contributed by atoms with Crippen molar-refractivity contribution < 1.29 is 4.79 Å². The number of nitrogens with two attached hydrogens (primary N) is 1. The van der Waals surface area contributed by atoms with E-state index in [-0.39, 0.29) is 5.91 Å². The topological polar surface area (TPSA) is 59.2 Å². The Balaban J connectivity index is 2.19.